The van der Waals surface area contributed by atoms with Crippen molar-refractivity contribution in [3.05, 3.63) is 21.9 Å². The van der Waals surface area contributed by atoms with E-state index in [1.807, 2.05) is 19.2 Å². The van der Waals surface area contributed by atoms with Crippen LogP contribution in [0.2, 0.25) is 0 Å². The molecule has 0 aliphatic rings. The quantitative estimate of drug-likeness (QED) is 0.802. The molecular weight excluding hydrogens is 254 g/mol. The fourth-order valence-electron chi connectivity index (χ4n) is 1.37. The highest BCUT2D eigenvalue weighted by Crippen LogP contribution is 2.21. The topological polar surface area (TPSA) is 70.3 Å². The van der Waals surface area contributed by atoms with E-state index in [0.29, 0.717) is 19.0 Å². The van der Waals surface area contributed by atoms with Gasteiger partial charge in [0.25, 0.3) is 0 Å². The van der Waals surface area contributed by atoms with Crippen molar-refractivity contribution in [3.63, 3.8) is 0 Å². The van der Waals surface area contributed by atoms with Crippen molar-refractivity contribution in [2.75, 3.05) is 6.61 Å². The molecule has 0 aliphatic heterocycles. The molecule has 1 atom stereocenters. The van der Waals surface area contributed by atoms with E-state index in [4.69, 9.17) is 14.0 Å². The van der Waals surface area contributed by atoms with Crippen molar-refractivity contribution in [2.24, 2.45) is 0 Å². The molecular formula is C11H15N3O3S. The first kappa shape index (κ1) is 13.0. The maximum atomic E-state index is 5.47. The third-order valence-electron chi connectivity index (χ3n) is 2.19. The zero-order chi connectivity index (χ0) is 13.0. The van der Waals surface area contributed by atoms with Gasteiger partial charge >= 0.3 is 6.08 Å². The number of nitrogens with zero attached hydrogens (tertiary/aromatic N) is 3. The maximum Gasteiger partial charge on any atom is 0.417 e. The normalized spacial score (nSPS) is 12.6. The second kappa shape index (κ2) is 5.92. The molecule has 0 saturated heterocycles. The Bertz CT molecular complexity index is 497. The van der Waals surface area contributed by atoms with Crippen molar-refractivity contribution in [1.82, 2.24) is 15.1 Å². The van der Waals surface area contributed by atoms with E-state index in [0.717, 1.165) is 10.7 Å². The van der Waals surface area contributed by atoms with E-state index >= 15 is 0 Å². The number of ether oxygens (including phenoxy) is 2. The van der Waals surface area contributed by atoms with Gasteiger partial charge in [0.15, 0.2) is 5.82 Å². The van der Waals surface area contributed by atoms with Crippen molar-refractivity contribution >= 4 is 11.3 Å². The Morgan fingerprint density at radius 1 is 1.44 bits per heavy atom. The van der Waals surface area contributed by atoms with Gasteiger partial charge in [0.2, 0.25) is 0 Å². The van der Waals surface area contributed by atoms with Gasteiger partial charge in [-0.2, -0.15) is 4.98 Å². The number of thiazole rings is 1. The number of aryl methyl sites for hydroxylation is 1. The van der Waals surface area contributed by atoms with Crippen LogP contribution in [-0.4, -0.2) is 21.7 Å². The van der Waals surface area contributed by atoms with Crippen LogP contribution in [0, 0.1) is 6.92 Å². The summed E-state index contributed by atoms with van der Waals surface area (Å²) < 4.78 is 15.6. The van der Waals surface area contributed by atoms with Gasteiger partial charge in [0, 0.05) is 12.0 Å². The van der Waals surface area contributed by atoms with Gasteiger partial charge in [-0.15, -0.1) is 11.3 Å². The number of hydrogen-bond acceptors (Lipinski definition) is 7. The molecule has 0 bridgehead atoms. The van der Waals surface area contributed by atoms with Crippen LogP contribution in [0.3, 0.4) is 0 Å². The Labute approximate surface area is 109 Å². The third kappa shape index (κ3) is 3.27. The average molecular weight is 269 g/mol. The van der Waals surface area contributed by atoms with Gasteiger partial charge in [0.1, 0.15) is 17.7 Å². The number of rotatable bonds is 6. The zero-order valence-electron chi connectivity index (χ0n) is 10.5. The summed E-state index contributed by atoms with van der Waals surface area (Å²) in [6.07, 6.45) is 0.180. The smallest absolute Gasteiger partial charge is 0.417 e. The first-order chi connectivity index (χ1) is 8.69. The molecule has 2 aromatic heterocycles. The average Bonchev–Trinajstić information content (AvgIpc) is 2.95. The van der Waals surface area contributed by atoms with E-state index in [-0.39, 0.29) is 12.2 Å². The molecule has 2 heterocycles. The molecule has 2 rings (SSSR count). The second-order valence-corrected chi connectivity index (χ2v) is 4.56. The van der Waals surface area contributed by atoms with Crippen LogP contribution in [0.15, 0.2) is 9.90 Å². The lowest BCUT2D eigenvalue weighted by Gasteiger charge is -2.06. The summed E-state index contributed by atoms with van der Waals surface area (Å²) in [6, 6.07) is 0. The minimum Gasteiger partial charge on any atom is -0.442 e. The first-order valence-corrected chi connectivity index (χ1v) is 6.56. The molecule has 0 saturated carbocycles. The summed E-state index contributed by atoms with van der Waals surface area (Å²) in [5.74, 6) is 0.550. The van der Waals surface area contributed by atoms with E-state index in [1.54, 1.807) is 18.3 Å². The zero-order valence-corrected chi connectivity index (χ0v) is 11.4. The van der Waals surface area contributed by atoms with Crippen molar-refractivity contribution in [2.45, 2.75) is 33.5 Å². The SMILES string of the molecule is CCO[C@@H](C)c1nc(COc2nc(C)no2)cs1. The lowest BCUT2D eigenvalue weighted by molar-refractivity contribution is 0.0759. The molecule has 6 nitrogen and oxygen atoms in total. The summed E-state index contributed by atoms with van der Waals surface area (Å²) in [4.78, 5) is 8.38. The Morgan fingerprint density at radius 2 is 2.28 bits per heavy atom. The monoisotopic (exact) mass is 269 g/mol. The number of aromatic nitrogens is 3. The molecule has 0 fully saturated rings. The Morgan fingerprint density at radius 3 is 2.94 bits per heavy atom. The molecule has 0 spiro atoms. The van der Waals surface area contributed by atoms with Crippen LogP contribution >= 0.6 is 11.3 Å². The maximum absolute atomic E-state index is 5.47. The van der Waals surface area contributed by atoms with E-state index in [2.05, 4.69) is 15.1 Å². The van der Waals surface area contributed by atoms with Crippen LogP contribution in [0.1, 0.15) is 36.5 Å². The molecule has 7 heteroatoms. The highest BCUT2D eigenvalue weighted by Gasteiger charge is 2.11. The minimum absolute atomic E-state index is 0.0133. The van der Waals surface area contributed by atoms with Crippen LogP contribution in [-0.2, 0) is 11.3 Å². The fourth-order valence-corrected chi connectivity index (χ4v) is 2.18. The van der Waals surface area contributed by atoms with Crippen LogP contribution in [0.4, 0.5) is 0 Å². The lowest BCUT2D eigenvalue weighted by atomic mass is 10.4. The minimum atomic E-state index is 0.0133. The van der Waals surface area contributed by atoms with Gasteiger partial charge in [-0.1, -0.05) is 5.16 Å². The van der Waals surface area contributed by atoms with Crippen LogP contribution < -0.4 is 4.74 Å². The van der Waals surface area contributed by atoms with Gasteiger partial charge in [-0.3, -0.25) is 4.52 Å². The summed E-state index contributed by atoms with van der Waals surface area (Å²) in [7, 11) is 0. The first-order valence-electron chi connectivity index (χ1n) is 5.68. The largest absolute Gasteiger partial charge is 0.442 e. The van der Waals surface area contributed by atoms with Gasteiger partial charge < -0.3 is 9.47 Å². The van der Waals surface area contributed by atoms with Gasteiger partial charge in [-0.05, 0) is 20.8 Å². The summed E-state index contributed by atoms with van der Waals surface area (Å²) >= 11 is 1.56. The van der Waals surface area contributed by atoms with E-state index in [1.165, 1.54) is 0 Å². The molecule has 0 aliphatic carbocycles. The highest BCUT2D eigenvalue weighted by molar-refractivity contribution is 7.09. The van der Waals surface area contributed by atoms with Crippen LogP contribution in [0.5, 0.6) is 6.08 Å². The molecule has 0 N–H and O–H groups in total. The van der Waals surface area contributed by atoms with Crippen molar-refractivity contribution in [3.8, 4) is 6.08 Å². The van der Waals surface area contributed by atoms with Crippen molar-refractivity contribution in [1.29, 1.82) is 0 Å². The second-order valence-electron chi connectivity index (χ2n) is 3.67. The summed E-state index contributed by atoms with van der Waals surface area (Å²) in [6.45, 7) is 6.67. The molecule has 0 aromatic carbocycles. The molecule has 0 unspecified atom stereocenters. The Balaban J connectivity index is 1.90. The molecule has 18 heavy (non-hydrogen) atoms. The summed E-state index contributed by atoms with van der Waals surface area (Å²) in [5, 5.41) is 6.52. The van der Waals surface area contributed by atoms with Crippen LogP contribution in [0.25, 0.3) is 0 Å². The summed E-state index contributed by atoms with van der Waals surface area (Å²) in [5.41, 5.74) is 0.831. The molecule has 98 valence electrons. The van der Waals surface area contributed by atoms with Crippen molar-refractivity contribution < 1.29 is 14.0 Å². The predicted molar refractivity (Wildman–Crippen MR) is 65.5 cm³/mol. The third-order valence-corrected chi connectivity index (χ3v) is 3.24. The van der Waals surface area contributed by atoms with Gasteiger partial charge in [-0.25, -0.2) is 4.98 Å². The number of hydrogen-bond donors (Lipinski definition) is 0. The Hall–Kier alpha value is -1.47. The highest BCUT2D eigenvalue weighted by atomic mass is 32.1. The van der Waals surface area contributed by atoms with E-state index in [9.17, 15) is 0 Å². The molecule has 2 aromatic rings. The Kier molecular flexibility index (Phi) is 4.27. The fraction of sp³-hybridized carbons (Fsp3) is 0.545. The predicted octanol–water partition coefficient (Wildman–Crippen LogP) is 2.51. The lowest BCUT2D eigenvalue weighted by Crippen LogP contribution is -2.00. The van der Waals surface area contributed by atoms with E-state index < -0.39 is 0 Å². The molecule has 0 amide bonds. The standard InChI is InChI=1S/C11H15N3O3S/c1-4-15-7(2)10-13-9(6-18-10)5-16-11-12-8(3)14-17-11/h6-7H,4-5H2,1-3H3/t7-/m0/s1. The van der Waals surface area contributed by atoms with Gasteiger partial charge in [0.05, 0.1) is 5.69 Å². The molecule has 0 radical (unpaired) electrons.